The van der Waals surface area contributed by atoms with Crippen molar-refractivity contribution in [1.82, 2.24) is 4.90 Å². The summed E-state index contributed by atoms with van der Waals surface area (Å²) < 4.78 is 29.7. The fourth-order valence-electron chi connectivity index (χ4n) is 4.11. The van der Waals surface area contributed by atoms with E-state index in [1.807, 2.05) is 12.1 Å². The molecule has 2 aliphatic rings. The molecule has 0 bridgehead atoms. The van der Waals surface area contributed by atoms with Gasteiger partial charge in [-0.15, -0.1) is 0 Å². The Bertz CT molecular complexity index is 1200. The van der Waals surface area contributed by atoms with E-state index >= 15 is 0 Å². The first-order valence-electron chi connectivity index (χ1n) is 10.1. The molecule has 0 unspecified atom stereocenters. The van der Waals surface area contributed by atoms with Gasteiger partial charge in [-0.25, -0.2) is 4.39 Å². The van der Waals surface area contributed by atoms with Crippen molar-refractivity contribution in [3.63, 3.8) is 0 Å². The second kappa shape index (κ2) is 7.92. The van der Waals surface area contributed by atoms with Crippen LogP contribution in [0.3, 0.4) is 0 Å². The molecule has 0 saturated heterocycles. The van der Waals surface area contributed by atoms with Gasteiger partial charge >= 0.3 is 0 Å². The van der Waals surface area contributed by atoms with Gasteiger partial charge < -0.3 is 24.2 Å². The molecular weight excluding hydrogens is 413 g/mol. The molecular formula is C25H20FNO5. The number of amides is 1. The lowest BCUT2D eigenvalue weighted by Gasteiger charge is -2.27. The number of carbonyl (C=O) groups excluding carboxylic acids is 1. The highest BCUT2D eigenvalue weighted by atomic mass is 19.1. The van der Waals surface area contributed by atoms with Gasteiger partial charge in [0.1, 0.15) is 11.6 Å². The fraction of sp³-hybridized carbons (Fsp3) is 0.160. The molecule has 1 N–H and O–H groups in total. The van der Waals surface area contributed by atoms with Gasteiger partial charge in [0, 0.05) is 12.1 Å². The smallest absolute Gasteiger partial charge is 0.290 e. The summed E-state index contributed by atoms with van der Waals surface area (Å²) in [5, 5.41) is 10.9. The quantitative estimate of drug-likeness (QED) is 0.636. The van der Waals surface area contributed by atoms with Crippen molar-refractivity contribution in [2.45, 2.75) is 12.6 Å². The van der Waals surface area contributed by atoms with Crippen LogP contribution in [0.2, 0.25) is 0 Å². The summed E-state index contributed by atoms with van der Waals surface area (Å²) in [5.74, 6) is 0.720. The number of aliphatic hydroxyl groups is 1. The minimum Gasteiger partial charge on any atom is -0.503 e. The first-order chi connectivity index (χ1) is 15.5. The minimum atomic E-state index is -0.595. The van der Waals surface area contributed by atoms with Crippen LogP contribution >= 0.6 is 0 Å². The van der Waals surface area contributed by atoms with Crippen molar-refractivity contribution in [2.24, 2.45) is 0 Å². The molecule has 0 fully saturated rings. The maximum atomic E-state index is 13.6. The van der Waals surface area contributed by atoms with Crippen LogP contribution < -0.4 is 14.2 Å². The molecule has 7 heteroatoms. The summed E-state index contributed by atoms with van der Waals surface area (Å²) in [7, 11) is 1.57. The van der Waals surface area contributed by atoms with Gasteiger partial charge in [0.15, 0.2) is 17.3 Å². The Morgan fingerprint density at radius 3 is 2.47 bits per heavy atom. The minimum absolute atomic E-state index is 0.156. The molecule has 6 nitrogen and oxygen atoms in total. The molecule has 0 saturated carbocycles. The zero-order valence-electron chi connectivity index (χ0n) is 17.2. The number of hydrogen-bond acceptors (Lipinski definition) is 5. The molecule has 32 heavy (non-hydrogen) atoms. The van der Waals surface area contributed by atoms with E-state index in [9.17, 15) is 14.3 Å². The molecule has 5 rings (SSSR count). The fourth-order valence-corrected chi connectivity index (χ4v) is 4.11. The predicted octanol–water partition coefficient (Wildman–Crippen LogP) is 4.62. The third-order valence-corrected chi connectivity index (χ3v) is 5.68. The van der Waals surface area contributed by atoms with E-state index in [-0.39, 0.29) is 24.9 Å². The summed E-state index contributed by atoms with van der Waals surface area (Å²) in [6.45, 7) is 0.380. The van der Waals surface area contributed by atoms with E-state index in [0.29, 0.717) is 33.9 Å². The first-order valence-corrected chi connectivity index (χ1v) is 10.1. The molecule has 162 valence electrons. The van der Waals surface area contributed by atoms with E-state index in [2.05, 4.69) is 0 Å². The van der Waals surface area contributed by atoms with Gasteiger partial charge in [-0.1, -0.05) is 30.3 Å². The number of hydrogen-bond donors (Lipinski definition) is 1. The topological polar surface area (TPSA) is 68.2 Å². The summed E-state index contributed by atoms with van der Waals surface area (Å²) in [5.41, 5.74) is 2.65. The number of rotatable bonds is 5. The monoisotopic (exact) mass is 433 g/mol. The Morgan fingerprint density at radius 2 is 1.75 bits per heavy atom. The highest BCUT2D eigenvalue weighted by Gasteiger charge is 2.41. The SMILES string of the molecule is COc1ccc(C2=C(O)C(=O)N(Cc3ccc4c(c3)OCO4)[C@H]2c2ccc(F)cc2)cc1. The second-order valence-corrected chi connectivity index (χ2v) is 7.57. The van der Waals surface area contributed by atoms with Gasteiger partial charge in [-0.3, -0.25) is 4.79 Å². The molecule has 0 aliphatic carbocycles. The number of ether oxygens (including phenoxy) is 3. The highest BCUT2D eigenvalue weighted by molar-refractivity contribution is 6.05. The van der Waals surface area contributed by atoms with Crippen LogP contribution in [0.1, 0.15) is 22.7 Å². The van der Waals surface area contributed by atoms with E-state index in [0.717, 1.165) is 5.56 Å². The third-order valence-electron chi connectivity index (χ3n) is 5.68. The second-order valence-electron chi connectivity index (χ2n) is 7.57. The zero-order chi connectivity index (χ0) is 22.2. The van der Waals surface area contributed by atoms with Gasteiger partial charge in [0.05, 0.1) is 13.2 Å². The Balaban J connectivity index is 1.56. The third kappa shape index (κ3) is 3.41. The molecule has 1 amide bonds. The molecule has 3 aromatic rings. The number of methoxy groups -OCH3 is 1. The van der Waals surface area contributed by atoms with Crippen molar-refractivity contribution in [3.8, 4) is 17.2 Å². The molecule has 0 aromatic heterocycles. The summed E-state index contributed by atoms with van der Waals surface area (Å²) >= 11 is 0. The maximum absolute atomic E-state index is 13.6. The molecule has 0 radical (unpaired) electrons. The van der Waals surface area contributed by atoms with Crippen LogP contribution in [-0.4, -0.2) is 29.8 Å². The van der Waals surface area contributed by atoms with Gasteiger partial charge in [-0.2, -0.15) is 0 Å². The van der Waals surface area contributed by atoms with Gasteiger partial charge in [0.2, 0.25) is 6.79 Å². The van der Waals surface area contributed by atoms with Crippen molar-refractivity contribution in [2.75, 3.05) is 13.9 Å². The number of fused-ring (bicyclic) bond motifs is 1. The van der Waals surface area contributed by atoms with Crippen LogP contribution in [0, 0.1) is 5.82 Å². The van der Waals surface area contributed by atoms with E-state index in [1.165, 1.54) is 12.1 Å². The van der Waals surface area contributed by atoms with Crippen LogP contribution in [0.25, 0.3) is 5.57 Å². The van der Waals surface area contributed by atoms with Crippen molar-refractivity contribution in [1.29, 1.82) is 0 Å². The largest absolute Gasteiger partial charge is 0.503 e. The summed E-state index contributed by atoms with van der Waals surface area (Å²) in [6, 6.07) is 17.9. The maximum Gasteiger partial charge on any atom is 0.290 e. The first kappa shape index (κ1) is 19.9. The average molecular weight is 433 g/mol. The van der Waals surface area contributed by atoms with Crippen LogP contribution in [0.5, 0.6) is 17.2 Å². The molecule has 1 atom stereocenters. The predicted molar refractivity (Wildman–Crippen MR) is 115 cm³/mol. The van der Waals surface area contributed by atoms with Crippen LogP contribution in [0.15, 0.2) is 72.5 Å². The molecule has 3 aromatic carbocycles. The number of carbonyl (C=O) groups is 1. The van der Waals surface area contributed by atoms with Crippen molar-refractivity contribution >= 4 is 11.5 Å². The Labute approximate surface area is 184 Å². The van der Waals surface area contributed by atoms with E-state index in [1.54, 1.807) is 54.5 Å². The standard InChI is InChI=1S/C25H20FNO5/c1-30-19-9-5-16(6-10-19)22-23(17-3-7-18(26)8-4-17)27(25(29)24(22)28)13-15-2-11-20-21(12-15)32-14-31-20/h2-12,23,28H,13-14H2,1H3/t23-/m0/s1. The lowest BCUT2D eigenvalue weighted by atomic mass is 9.93. The van der Waals surface area contributed by atoms with Crippen molar-refractivity contribution in [3.05, 3.63) is 95.0 Å². The Kier molecular flexibility index (Phi) is 4.93. The molecule has 0 spiro atoms. The molecule has 2 heterocycles. The zero-order valence-corrected chi connectivity index (χ0v) is 17.2. The highest BCUT2D eigenvalue weighted by Crippen LogP contribution is 2.44. The Morgan fingerprint density at radius 1 is 1.03 bits per heavy atom. The van der Waals surface area contributed by atoms with Gasteiger partial charge in [0.25, 0.3) is 5.91 Å². The van der Waals surface area contributed by atoms with E-state index < -0.39 is 11.9 Å². The number of benzene rings is 3. The number of halogens is 1. The van der Waals surface area contributed by atoms with E-state index in [4.69, 9.17) is 14.2 Å². The lowest BCUT2D eigenvalue weighted by Crippen LogP contribution is -2.29. The van der Waals surface area contributed by atoms with Crippen LogP contribution in [0.4, 0.5) is 4.39 Å². The van der Waals surface area contributed by atoms with Crippen LogP contribution in [-0.2, 0) is 11.3 Å². The average Bonchev–Trinajstić information content (AvgIpc) is 3.38. The van der Waals surface area contributed by atoms with Crippen molar-refractivity contribution < 1.29 is 28.5 Å². The molecule has 2 aliphatic heterocycles. The summed E-state index contributed by atoms with van der Waals surface area (Å²) in [4.78, 5) is 14.7. The lowest BCUT2D eigenvalue weighted by molar-refractivity contribution is -0.130. The van der Waals surface area contributed by atoms with Gasteiger partial charge in [-0.05, 0) is 53.1 Å². The normalized spacial score (nSPS) is 17.2. The number of aliphatic hydroxyl groups excluding tert-OH is 1. The Hall–Kier alpha value is -4.00. The number of nitrogens with zero attached hydrogens (tertiary/aromatic N) is 1. The summed E-state index contributed by atoms with van der Waals surface area (Å²) in [6.07, 6.45) is 0.